The van der Waals surface area contributed by atoms with Crippen molar-refractivity contribution in [3.8, 4) is 11.1 Å². The summed E-state index contributed by atoms with van der Waals surface area (Å²) in [5.41, 5.74) is -8.05. The smallest absolute Gasteiger partial charge is 0.369 e. The Hall–Kier alpha value is -2.23. The van der Waals surface area contributed by atoms with Gasteiger partial charge in [0, 0.05) is 5.56 Å². The molecule has 0 aliphatic heterocycles. The summed E-state index contributed by atoms with van der Waals surface area (Å²) in [6, 6.07) is 5.30. The van der Waals surface area contributed by atoms with Gasteiger partial charge in [0.2, 0.25) is 0 Å². The van der Waals surface area contributed by atoms with Crippen LogP contribution in [0.2, 0.25) is 0 Å². The molecule has 1 nitrogen and oxygen atoms in total. The number of hydrogen-bond donors (Lipinski definition) is 1. The van der Waals surface area contributed by atoms with Crippen LogP contribution in [0.3, 0.4) is 0 Å². The number of rotatable bonds is 3. The third kappa shape index (κ3) is 3.82. The molecule has 0 bridgehead atoms. The normalized spacial score (nSPS) is 13.7. The highest BCUT2D eigenvalue weighted by Gasteiger charge is 2.71. The molecule has 2 rings (SSSR count). The summed E-state index contributed by atoms with van der Waals surface area (Å²) in [7, 11) is 0. The lowest BCUT2D eigenvalue weighted by atomic mass is 9.89. The zero-order valence-corrected chi connectivity index (χ0v) is 14.1. The van der Waals surface area contributed by atoms with Crippen molar-refractivity contribution in [3.63, 3.8) is 0 Å². The van der Waals surface area contributed by atoms with E-state index >= 15 is 0 Å². The summed E-state index contributed by atoms with van der Waals surface area (Å²) in [5.74, 6) is 0. The molecule has 0 fully saturated rings. The molecule has 154 valence electrons. The quantitative estimate of drug-likeness (QED) is 0.587. The number of hydrogen-bond acceptors (Lipinski definition) is 1. The molecule has 0 aliphatic carbocycles. The average molecular weight is 416 g/mol. The molecule has 2 aromatic rings. The lowest BCUT2D eigenvalue weighted by Crippen LogP contribution is -2.53. The fourth-order valence-electron chi connectivity index (χ4n) is 2.68. The highest BCUT2D eigenvalue weighted by atomic mass is 19.4. The Labute approximate surface area is 153 Å². The third-order valence-corrected chi connectivity index (χ3v) is 4.23. The van der Waals surface area contributed by atoms with E-state index in [1.165, 1.54) is 6.07 Å². The van der Waals surface area contributed by atoms with E-state index in [9.17, 15) is 44.6 Å². The van der Waals surface area contributed by atoms with Gasteiger partial charge >= 0.3 is 18.5 Å². The summed E-state index contributed by atoms with van der Waals surface area (Å²) in [5, 5.41) is 9.34. The van der Waals surface area contributed by atoms with Crippen LogP contribution in [0, 0.1) is 0 Å². The minimum Gasteiger partial charge on any atom is -0.369 e. The second-order valence-corrected chi connectivity index (χ2v) is 6.01. The Morgan fingerprint density at radius 1 is 0.750 bits per heavy atom. The van der Waals surface area contributed by atoms with E-state index in [1.807, 2.05) is 0 Å². The second kappa shape index (κ2) is 6.98. The van der Waals surface area contributed by atoms with Crippen LogP contribution in [0.1, 0.15) is 23.6 Å². The lowest BCUT2D eigenvalue weighted by Gasteiger charge is -2.32. The molecule has 10 heteroatoms. The number of aryl methyl sites for hydroxylation is 1. The van der Waals surface area contributed by atoms with Crippen molar-refractivity contribution < 1.29 is 44.6 Å². The van der Waals surface area contributed by atoms with E-state index in [2.05, 4.69) is 0 Å². The van der Waals surface area contributed by atoms with E-state index in [-0.39, 0.29) is 5.56 Å². The Morgan fingerprint density at radius 3 is 1.64 bits per heavy atom. The molecule has 0 aliphatic rings. The first-order chi connectivity index (χ1) is 12.6. The molecule has 0 heterocycles. The van der Waals surface area contributed by atoms with Gasteiger partial charge in [-0.15, -0.1) is 0 Å². The molecule has 0 spiro atoms. The zero-order chi connectivity index (χ0) is 21.5. The predicted molar refractivity (Wildman–Crippen MR) is 82.3 cm³/mol. The van der Waals surface area contributed by atoms with Gasteiger partial charge in [0.25, 0.3) is 5.60 Å². The Kier molecular flexibility index (Phi) is 5.50. The van der Waals surface area contributed by atoms with Crippen LogP contribution in [0.5, 0.6) is 0 Å². The van der Waals surface area contributed by atoms with Gasteiger partial charge in [0.15, 0.2) is 0 Å². The molecule has 0 amide bonds. The number of alkyl halides is 9. The van der Waals surface area contributed by atoms with Crippen molar-refractivity contribution in [2.45, 2.75) is 37.5 Å². The van der Waals surface area contributed by atoms with Crippen LogP contribution in [0.4, 0.5) is 39.5 Å². The molecule has 28 heavy (non-hydrogen) atoms. The van der Waals surface area contributed by atoms with Crippen molar-refractivity contribution >= 4 is 0 Å². The monoisotopic (exact) mass is 416 g/mol. The molecule has 0 aromatic heterocycles. The van der Waals surface area contributed by atoms with Crippen LogP contribution in [0.15, 0.2) is 42.5 Å². The third-order valence-electron chi connectivity index (χ3n) is 4.23. The number of benzene rings is 2. The topological polar surface area (TPSA) is 20.2 Å². The van der Waals surface area contributed by atoms with Crippen molar-refractivity contribution in [2.75, 3.05) is 0 Å². The van der Waals surface area contributed by atoms with Crippen LogP contribution in [-0.2, 0) is 18.2 Å². The number of halogens is 9. The first-order valence-corrected chi connectivity index (χ1v) is 7.79. The molecule has 0 unspecified atom stereocenters. The van der Waals surface area contributed by atoms with Crippen molar-refractivity contribution in [1.29, 1.82) is 0 Å². The summed E-state index contributed by atoms with van der Waals surface area (Å²) in [6.45, 7) is 1.62. The van der Waals surface area contributed by atoms with Gasteiger partial charge in [0.1, 0.15) is 0 Å². The van der Waals surface area contributed by atoms with E-state index in [4.69, 9.17) is 0 Å². The average Bonchev–Trinajstić information content (AvgIpc) is 2.58. The highest BCUT2D eigenvalue weighted by molar-refractivity contribution is 5.69. The van der Waals surface area contributed by atoms with Gasteiger partial charge in [-0.1, -0.05) is 43.3 Å². The van der Waals surface area contributed by atoms with E-state index in [0.29, 0.717) is 36.2 Å². The van der Waals surface area contributed by atoms with E-state index in [1.54, 1.807) is 6.92 Å². The van der Waals surface area contributed by atoms with Gasteiger partial charge < -0.3 is 5.11 Å². The standard InChI is InChI=1S/C18H13F9O/c1-2-10-3-8-13(14(9-10)16(19,20)21)11-4-6-12(7-5-11)15(28,17(22,23)24)18(25,26)27/h3-9,28H,2H2,1H3. The summed E-state index contributed by atoms with van der Waals surface area (Å²) >= 11 is 0. The first kappa shape index (κ1) is 22.1. The van der Waals surface area contributed by atoms with Crippen LogP contribution in [-0.4, -0.2) is 17.5 Å². The molecule has 1 N–H and O–H groups in total. The van der Waals surface area contributed by atoms with Crippen LogP contribution in [0.25, 0.3) is 11.1 Å². The molecule has 0 radical (unpaired) electrons. The van der Waals surface area contributed by atoms with Gasteiger partial charge in [-0.2, -0.15) is 39.5 Å². The van der Waals surface area contributed by atoms with Gasteiger partial charge in [-0.25, -0.2) is 0 Å². The summed E-state index contributed by atoms with van der Waals surface area (Å²) in [6.07, 6.45) is -16.6. The Balaban J connectivity index is 2.60. The fourth-order valence-corrected chi connectivity index (χ4v) is 2.68. The van der Waals surface area contributed by atoms with Crippen LogP contribution >= 0.6 is 0 Å². The van der Waals surface area contributed by atoms with Crippen molar-refractivity contribution in [1.82, 2.24) is 0 Å². The predicted octanol–water partition coefficient (Wildman–Crippen LogP) is 6.25. The maximum atomic E-state index is 13.3. The minimum absolute atomic E-state index is 0.245. The molecule has 0 saturated carbocycles. The minimum atomic E-state index is -6.08. The Morgan fingerprint density at radius 2 is 1.25 bits per heavy atom. The second-order valence-electron chi connectivity index (χ2n) is 6.01. The first-order valence-electron chi connectivity index (χ1n) is 7.79. The molecule has 0 atom stereocenters. The van der Waals surface area contributed by atoms with Gasteiger partial charge in [-0.3, -0.25) is 0 Å². The summed E-state index contributed by atoms with van der Waals surface area (Å²) in [4.78, 5) is 0. The zero-order valence-electron chi connectivity index (χ0n) is 14.1. The maximum Gasteiger partial charge on any atom is 0.430 e. The SMILES string of the molecule is CCc1ccc(-c2ccc(C(O)(C(F)(F)F)C(F)(F)F)cc2)c(C(F)(F)F)c1. The molecule has 0 saturated heterocycles. The largest absolute Gasteiger partial charge is 0.430 e. The summed E-state index contributed by atoms with van der Waals surface area (Å²) < 4.78 is 117. The van der Waals surface area contributed by atoms with Crippen LogP contribution < -0.4 is 0 Å². The van der Waals surface area contributed by atoms with Crippen molar-refractivity contribution in [2.24, 2.45) is 0 Å². The molecular formula is C18H13F9O. The maximum absolute atomic E-state index is 13.3. The molecule has 2 aromatic carbocycles. The van der Waals surface area contributed by atoms with Crippen molar-refractivity contribution in [3.05, 3.63) is 59.2 Å². The fraction of sp³-hybridized carbons (Fsp3) is 0.333. The highest BCUT2D eigenvalue weighted by Crippen LogP contribution is 2.50. The lowest BCUT2D eigenvalue weighted by molar-refractivity contribution is -0.376. The number of aliphatic hydroxyl groups is 1. The molecular weight excluding hydrogens is 403 g/mol. The Bertz CT molecular complexity index is 816. The van der Waals surface area contributed by atoms with E-state index in [0.717, 1.165) is 12.1 Å². The van der Waals surface area contributed by atoms with Gasteiger partial charge in [0.05, 0.1) is 5.56 Å². The van der Waals surface area contributed by atoms with Gasteiger partial charge in [-0.05, 0) is 29.2 Å². The van der Waals surface area contributed by atoms with E-state index < -0.39 is 40.8 Å².